The average molecular weight is 491 g/mol. The average Bonchev–Trinajstić information content (AvgIpc) is 3.21. The van der Waals surface area contributed by atoms with E-state index in [9.17, 15) is 9.18 Å². The van der Waals surface area contributed by atoms with Gasteiger partial charge in [0, 0.05) is 17.5 Å². The zero-order chi connectivity index (χ0) is 23.4. The van der Waals surface area contributed by atoms with E-state index < -0.39 is 12.1 Å². The quantitative estimate of drug-likeness (QED) is 0.278. The van der Waals surface area contributed by atoms with E-state index in [1.807, 2.05) is 6.07 Å². The van der Waals surface area contributed by atoms with Crippen molar-refractivity contribution in [3.8, 4) is 5.75 Å². The number of hydrogen-bond donors (Lipinski definition) is 1. The molecule has 1 saturated carbocycles. The monoisotopic (exact) mass is 490 g/mol. The van der Waals surface area contributed by atoms with Crippen molar-refractivity contribution in [3.05, 3.63) is 57.8 Å². The maximum Gasteiger partial charge on any atom is 0.353 e. The predicted molar refractivity (Wildman–Crippen MR) is 127 cm³/mol. The summed E-state index contributed by atoms with van der Waals surface area (Å²) in [6, 6.07) is 9.89. The smallest absolute Gasteiger partial charge is 0.353 e. The molecule has 3 aromatic rings. The number of carboxylic acid groups (broad SMARTS) is 1. The molecule has 0 amide bonds. The molecule has 4 rings (SSSR count). The van der Waals surface area contributed by atoms with Crippen LogP contribution in [0, 0.1) is 11.7 Å². The molecule has 2 aromatic carbocycles. The third-order valence-electron chi connectivity index (χ3n) is 5.73. The molecular weight excluding hydrogens is 467 g/mol. The van der Waals surface area contributed by atoms with Crippen LogP contribution >= 0.6 is 22.9 Å². The van der Waals surface area contributed by atoms with Crippen LogP contribution in [-0.4, -0.2) is 21.8 Å². The lowest BCUT2D eigenvalue weighted by Gasteiger charge is -2.29. The van der Waals surface area contributed by atoms with Crippen LogP contribution < -0.4 is 4.74 Å². The highest BCUT2D eigenvalue weighted by Gasteiger charge is 2.29. The summed E-state index contributed by atoms with van der Waals surface area (Å²) in [6.45, 7) is 1.64. The van der Waals surface area contributed by atoms with Crippen molar-refractivity contribution in [2.24, 2.45) is 11.1 Å². The van der Waals surface area contributed by atoms with Gasteiger partial charge in [-0.1, -0.05) is 42.1 Å². The van der Waals surface area contributed by atoms with Gasteiger partial charge >= 0.3 is 5.97 Å². The topological polar surface area (TPSA) is 81.0 Å². The normalized spacial score (nSPS) is 16.0. The SMILES string of the molecule is C/C(=N/O[C@H](c1ccc(OCc2nc3cc(F)ccc3s2)cc1Cl)C1CCCCC1)C(=O)O. The number of nitrogens with zero attached hydrogens (tertiary/aromatic N) is 2. The molecule has 6 nitrogen and oxygen atoms in total. The summed E-state index contributed by atoms with van der Waals surface area (Å²) in [7, 11) is 0. The zero-order valence-electron chi connectivity index (χ0n) is 18.1. The molecule has 1 aromatic heterocycles. The number of rotatable bonds is 8. The molecule has 0 aliphatic heterocycles. The number of hydrogen-bond acceptors (Lipinski definition) is 6. The first kappa shape index (κ1) is 23.4. The molecule has 1 atom stereocenters. The van der Waals surface area contributed by atoms with Gasteiger partial charge in [0.2, 0.25) is 0 Å². The van der Waals surface area contributed by atoms with Gasteiger partial charge in [-0.3, -0.25) is 0 Å². The van der Waals surface area contributed by atoms with Gasteiger partial charge in [0.25, 0.3) is 0 Å². The summed E-state index contributed by atoms with van der Waals surface area (Å²) in [5.74, 6) is -0.664. The molecule has 174 valence electrons. The summed E-state index contributed by atoms with van der Waals surface area (Å²) in [5, 5.41) is 14.1. The molecule has 0 radical (unpaired) electrons. The Kier molecular flexibility index (Phi) is 7.45. The lowest BCUT2D eigenvalue weighted by molar-refractivity contribution is -0.129. The van der Waals surface area contributed by atoms with Gasteiger partial charge in [0.1, 0.15) is 23.2 Å². The Balaban J connectivity index is 1.50. The van der Waals surface area contributed by atoms with Gasteiger partial charge in [-0.15, -0.1) is 11.3 Å². The summed E-state index contributed by atoms with van der Waals surface area (Å²) in [4.78, 5) is 21.3. The molecular formula is C24H24ClFN2O4S. The highest BCUT2D eigenvalue weighted by Crippen LogP contribution is 2.40. The molecule has 0 saturated heterocycles. The maximum absolute atomic E-state index is 13.4. The number of aromatic nitrogens is 1. The molecule has 1 heterocycles. The molecule has 1 N–H and O–H groups in total. The fourth-order valence-electron chi connectivity index (χ4n) is 3.99. The van der Waals surface area contributed by atoms with E-state index in [1.54, 1.807) is 18.2 Å². The zero-order valence-corrected chi connectivity index (χ0v) is 19.7. The highest BCUT2D eigenvalue weighted by molar-refractivity contribution is 7.18. The van der Waals surface area contributed by atoms with Crippen LogP contribution in [0.4, 0.5) is 4.39 Å². The van der Waals surface area contributed by atoms with Crippen LogP contribution in [0.5, 0.6) is 5.75 Å². The second-order valence-electron chi connectivity index (χ2n) is 8.10. The standard InChI is InChI=1S/C24H24ClFN2O4S/c1-14(24(29)30)28-32-23(15-5-3-2-4-6-15)18-9-8-17(12-19(18)25)31-13-22-27-20-11-16(26)7-10-21(20)33-22/h7-12,15,23H,2-6,13H2,1H3,(H,29,30)/b28-14-/t23-/m0/s1. The van der Waals surface area contributed by atoms with Crippen LogP contribution in [0.25, 0.3) is 10.2 Å². The molecule has 1 aliphatic carbocycles. The molecule has 1 fully saturated rings. The Bertz CT molecular complexity index is 1180. The summed E-state index contributed by atoms with van der Waals surface area (Å²) < 4.78 is 20.2. The van der Waals surface area contributed by atoms with Crippen LogP contribution in [0.15, 0.2) is 41.6 Å². The number of aliphatic carboxylic acids is 1. The first-order valence-corrected chi connectivity index (χ1v) is 12.0. The van der Waals surface area contributed by atoms with Crippen molar-refractivity contribution in [2.75, 3.05) is 0 Å². The summed E-state index contributed by atoms with van der Waals surface area (Å²) in [5.41, 5.74) is 1.26. The predicted octanol–water partition coefficient (Wildman–Crippen LogP) is 6.77. The van der Waals surface area contributed by atoms with Gasteiger partial charge in [-0.2, -0.15) is 0 Å². The van der Waals surface area contributed by atoms with E-state index >= 15 is 0 Å². The molecule has 0 bridgehead atoms. The van der Waals surface area contributed by atoms with Crippen LogP contribution in [0.3, 0.4) is 0 Å². The molecule has 9 heteroatoms. The first-order valence-electron chi connectivity index (χ1n) is 10.8. The van der Waals surface area contributed by atoms with Gasteiger partial charge in [0.15, 0.2) is 11.8 Å². The van der Waals surface area contributed by atoms with Crippen molar-refractivity contribution >= 4 is 44.8 Å². The van der Waals surface area contributed by atoms with Crippen LogP contribution in [0.1, 0.15) is 55.7 Å². The number of carbonyl (C=O) groups is 1. The van der Waals surface area contributed by atoms with E-state index in [4.69, 9.17) is 26.3 Å². The van der Waals surface area contributed by atoms with Crippen LogP contribution in [0.2, 0.25) is 5.02 Å². The number of halogens is 2. The Hall–Kier alpha value is -2.71. The number of oxime groups is 1. The minimum Gasteiger partial charge on any atom is -0.486 e. The van der Waals surface area contributed by atoms with Crippen molar-refractivity contribution in [2.45, 2.75) is 51.7 Å². The van der Waals surface area contributed by atoms with Crippen molar-refractivity contribution in [1.29, 1.82) is 0 Å². The minimum absolute atomic E-state index is 0.109. The summed E-state index contributed by atoms with van der Waals surface area (Å²) >= 11 is 8.05. The number of fused-ring (bicyclic) bond motifs is 1. The maximum atomic E-state index is 13.4. The largest absolute Gasteiger partial charge is 0.486 e. The molecule has 0 unspecified atom stereocenters. The van der Waals surface area contributed by atoms with Crippen molar-refractivity contribution in [3.63, 3.8) is 0 Å². The fraction of sp³-hybridized carbons (Fsp3) is 0.375. The van der Waals surface area contributed by atoms with Gasteiger partial charge in [-0.25, -0.2) is 14.2 Å². The van der Waals surface area contributed by atoms with Gasteiger partial charge < -0.3 is 14.7 Å². The number of benzene rings is 2. The van der Waals surface area contributed by atoms with Crippen molar-refractivity contribution in [1.82, 2.24) is 4.98 Å². The van der Waals surface area contributed by atoms with Gasteiger partial charge in [0.05, 0.1) is 15.2 Å². The summed E-state index contributed by atoms with van der Waals surface area (Å²) in [6.07, 6.45) is 4.88. The molecule has 1 aliphatic rings. The Labute approximate surface area is 200 Å². The highest BCUT2D eigenvalue weighted by atomic mass is 35.5. The number of thiazole rings is 1. The third kappa shape index (κ3) is 5.81. The van der Waals surface area contributed by atoms with Gasteiger partial charge in [-0.05, 0) is 44.0 Å². The second kappa shape index (κ2) is 10.5. The van der Waals surface area contributed by atoms with Crippen LogP contribution in [-0.2, 0) is 16.2 Å². The van der Waals surface area contributed by atoms with E-state index in [1.165, 1.54) is 36.8 Å². The van der Waals surface area contributed by atoms with E-state index in [0.717, 1.165) is 41.0 Å². The minimum atomic E-state index is -1.12. The third-order valence-corrected chi connectivity index (χ3v) is 7.06. The Morgan fingerprint density at radius 1 is 1.27 bits per heavy atom. The Morgan fingerprint density at radius 2 is 2.06 bits per heavy atom. The lowest BCUT2D eigenvalue weighted by Crippen LogP contribution is -2.19. The Morgan fingerprint density at radius 3 is 2.79 bits per heavy atom. The first-order chi connectivity index (χ1) is 15.9. The fourth-order valence-corrected chi connectivity index (χ4v) is 5.13. The molecule has 0 spiro atoms. The van der Waals surface area contributed by atoms with E-state index in [-0.39, 0.29) is 24.1 Å². The second-order valence-corrected chi connectivity index (χ2v) is 9.62. The number of ether oxygens (including phenoxy) is 1. The van der Waals surface area contributed by atoms with E-state index in [0.29, 0.717) is 16.3 Å². The lowest BCUT2D eigenvalue weighted by atomic mass is 9.82. The van der Waals surface area contributed by atoms with Crippen molar-refractivity contribution < 1.29 is 23.9 Å². The van der Waals surface area contributed by atoms with E-state index in [2.05, 4.69) is 10.1 Å². The molecule has 33 heavy (non-hydrogen) atoms. The number of carboxylic acids is 1.